The molecule has 6 nitrogen and oxygen atoms in total. The first kappa shape index (κ1) is 25.7. The van der Waals surface area contributed by atoms with Gasteiger partial charge in [0.2, 0.25) is 5.91 Å². The highest BCUT2D eigenvalue weighted by molar-refractivity contribution is 6.42. The molecule has 0 saturated carbocycles. The maximum absolute atomic E-state index is 13.3. The Balaban J connectivity index is 1.53. The Morgan fingerprint density at radius 3 is 2.37 bits per heavy atom. The van der Waals surface area contributed by atoms with Crippen LogP contribution in [0.15, 0.2) is 42.5 Å². The highest BCUT2D eigenvalue weighted by Crippen LogP contribution is 2.36. The first-order chi connectivity index (χ1) is 16.7. The molecule has 35 heavy (non-hydrogen) atoms. The number of piperazine rings is 1. The number of likely N-dealkylation sites (N-methyl/N-ethyl adjacent to an activating group) is 1. The lowest BCUT2D eigenvalue weighted by Gasteiger charge is -2.43. The summed E-state index contributed by atoms with van der Waals surface area (Å²) < 4.78 is 19.4. The first-order valence-electron chi connectivity index (χ1n) is 11.8. The quantitative estimate of drug-likeness (QED) is 0.557. The number of hydrogen-bond donors (Lipinski definition) is 0. The molecule has 2 aromatic carbocycles. The molecule has 1 atom stereocenters. The third kappa shape index (κ3) is 6.46. The normalized spacial score (nSPS) is 21.1. The summed E-state index contributed by atoms with van der Waals surface area (Å²) in [7, 11) is 2.05. The van der Waals surface area contributed by atoms with E-state index in [0.717, 1.165) is 25.9 Å². The smallest absolute Gasteiger partial charge is 0.253 e. The van der Waals surface area contributed by atoms with Crippen LogP contribution in [0.1, 0.15) is 29.6 Å². The van der Waals surface area contributed by atoms with E-state index in [0.29, 0.717) is 47.5 Å². The average Bonchev–Trinajstić information content (AvgIpc) is 2.85. The lowest BCUT2D eigenvalue weighted by Crippen LogP contribution is -2.53. The van der Waals surface area contributed by atoms with E-state index in [9.17, 15) is 14.0 Å². The van der Waals surface area contributed by atoms with Gasteiger partial charge in [0, 0.05) is 56.7 Å². The second kappa shape index (κ2) is 11.1. The van der Waals surface area contributed by atoms with Crippen molar-refractivity contribution in [2.45, 2.75) is 19.3 Å². The Morgan fingerprint density at radius 1 is 0.971 bits per heavy atom. The molecule has 2 amide bonds. The molecule has 0 unspecified atom stereocenters. The van der Waals surface area contributed by atoms with Crippen LogP contribution in [-0.2, 0) is 4.79 Å². The number of benzene rings is 2. The van der Waals surface area contributed by atoms with Crippen LogP contribution in [0.2, 0.25) is 10.0 Å². The van der Waals surface area contributed by atoms with Crippen LogP contribution < -0.4 is 4.74 Å². The molecule has 2 aromatic rings. The van der Waals surface area contributed by atoms with E-state index in [2.05, 4.69) is 4.90 Å². The number of piperidine rings is 1. The van der Waals surface area contributed by atoms with Crippen LogP contribution in [0, 0.1) is 11.2 Å². The second-order valence-corrected chi connectivity index (χ2v) is 10.4. The van der Waals surface area contributed by atoms with Gasteiger partial charge in [0.15, 0.2) is 0 Å². The number of ether oxygens (including phenoxy) is 1. The maximum Gasteiger partial charge on any atom is 0.253 e. The highest BCUT2D eigenvalue weighted by atomic mass is 35.5. The average molecular weight is 522 g/mol. The molecule has 2 fully saturated rings. The standard InChI is InChI=1S/C26H30Cl2FN3O3/c1-30-11-13-31(14-12-30)24(33)16-26(18-35-21-6-4-20(29)5-7-21)9-2-10-32(17-26)25(34)19-3-8-22(27)23(28)15-19/h3-8,15H,2,9-14,16-18H2,1H3/t26-/m0/s1. The predicted molar refractivity (Wildman–Crippen MR) is 135 cm³/mol. The summed E-state index contributed by atoms with van der Waals surface area (Å²) in [5.41, 5.74) is -0.0982. The van der Waals surface area contributed by atoms with Crippen molar-refractivity contribution in [3.8, 4) is 5.75 Å². The number of carbonyl (C=O) groups is 2. The number of amides is 2. The fraction of sp³-hybridized carbons (Fsp3) is 0.462. The molecule has 0 spiro atoms. The molecule has 0 aromatic heterocycles. The van der Waals surface area contributed by atoms with Crippen LogP contribution in [0.5, 0.6) is 5.75 Å². The topological polar surface area (TPSA) is 53.1 Å². The van der Waals surface area contributed by atoms with Crippen molar-refractivity contribution < 1.29 is 18.7 Å². The van der Waals surface area contributed by atoms with Crippen molar-refractivity contribution >= 4 is 35.0 Å². The Labute approximate surface area is 215 Å². The van der Waals surface area contributed by atoms with Crippen molar-refractivity contribution in [3.63, 3.8) is 0 Å². The molecule has 0 aliphatic carbocycles. The summed E-state index contributed by atoms with van der Waals surface area (Å²) in [5.74, 6) is 0.116. The molecule has 2 aliphatic rings. The Morgan fingerprint density at radius 2 is 1.69 bits per heavy atom. The highest BCUT2D eigenvalue weighted by Gasteiger charge is 2.41. The van der Waals surface area contributed by atoms with Gasteiger partial charge in [-0.25, -0.2) is 4.39 Å². The van der Waals surface area contributed by atoms with E-state index < -0.39 is 5.41 Å². The first-order valence-corrected chi connectivity index (χ1v) is 12.6. The molecular weight excluding hydrogens is 492 g/mol. The third-order valence-electron chi connectivity index (χ3n) is 6.86. The van der Waals surface area contributed by atoms with Gasteiger partial charge >= 0.3 is 0 Å². The lowest BCUT2D eigenvalue weighted by molar-refractivity contribution is -0.137. The zero-order chi connectivity index (χ0) is 25.0. The minimum absolute atomic E-state index is 0.0737. The Bertz CT molecular complexity index is 1060. The minimum atomic E-state index is -0.557. The van der Waals surface area contributed by atoms with Crippen LogP contribution >= 0.6 is 23.2 Å². The van der Waals surface area contributed by atoms with E-state index in [1.54, 1.807) is 35.2 Å². The van der Waals surface area contributed by atoms with E-state index in [1.165, 1.54) is 12.1 Å². The van der Waals surface area contributed by atoms with Crippen molar-refractivity contribution in [3.05, 3.63) is 63.9 Å². The molecule has 0 N–H and O–H groups in total. The summed E-state index contributed by atoms with van der Waals surface area (Å²) in [4.78, 5) is 32.5. The van der Waals surface area contributed by atoms with Gasteiger partial charge in [-0.1, -0.05) is 23.2 Å². The Kier molecular flexibility index (Phi) is 8.19. The summed E-state index contributed by atoms with van der Waals surface area (Å²) in [5, 5.41) is 0.715. The van der Waals surface area contributed by atoms with Gasteiger partial charge in [0.25, 0.3) is 5.91 Å². The molecule has 2 saturated heterocycles. The fourth-order valence-corrected chi connectivity index (χ4v) is 5.06. The molecule has 9 heteroatoms. The molecule has 0 bridgehead atoms. The number of hydrogen-bond acceptors (Lipinski definition) is 4. The maximum atomic E-state index is 13.3. The third-order valence-corrected chi connectivity index (χ3v) is 7.60. The van der Waals surface area contributed by atoms with Crippen molar-refractivity contribution in [1.82, 2.24) is 14.7 Å². The molecule has 2 aliphatic heterocycles. The van der Waals surface area contributed by atoms with Gasteiger partial charge in [0.1, 0.15) is 11.6 Å². The summed E-state index contributed by atoms with van der Waals surface area (Å²) >= 11 is 12.2. The van der Waals surface area contributed by atoms with Crippen LogP contribution in [0.25, 0.3) is 0 Å². The van der Waals surface area contributed by atoms with E-state index in [-0.39, 0.29) is 30.7 Å². The molecule has 188 valence electrons. The lowest BCUT2D eigenvalue weighted by atomic mass is 9.77. The molecule has 0 radical (unpaired) electrons. The van der Waals surface area contributed by atoms with Crippen LogP contribution in [-0.4, -0.2) is 79.4 Å². The number of halogens is 3. The number of nitrogens with zero attached hydrogens (tertiary/aromatic N) is 3. The predicted octanol–water partition coefficient (Wildman–Crippen LogP) is 4.60. The summed E-state index contributed by atoms with van der Waals surface area (Å²) in [6, 6.07) is 10.7. The van der Waals surface area contributed by atoms with Gasteiger partial charge in [-0.3, -0.25) is 9.59 Å². The van der Waals surface area contributed by atoms with Crippen LogP contribution in [0.3, 0.4) is 0 Å². The number of likely N-dealkylation sites (tertiary alicyclic amines) is 1. The molecule has 2 heterocycles. The molecular formula is C26H30Cl2FN3O3. The van der Waals surface area contributed by atoms with E-state index in [1.807, 2.05) is 11.9 Å². The summed E-state index contributed by atoms with van der Waals surface area (Å²) in [6.07, 6.45) is 1.78. The Hall–Kier alpha value is -2.35. The summed E-state index contributed by atoms with van der Waals surface area (Å²) in [6.45, 7) is 4.28. The minimum Gasteiger partial charge on any atom is -0.493 e. The van der Waals surface area contributed by atoms with Gasteiger partial charge < -0.3 is 19.4 Å². The number of carbonyl (C=O) groups excluding carboxylic acids is 2. The SMILES string of the molecule is CN1CCN(C(=O)C[C@@]2(COc3ccc(F)cc3)CCCN(C(=O)c3ccc(Cl)c(Cl)c3)C2)CC1. The van der Waals surface area contributed by atoms with Gasteiger partial charge in [-0.15, -0.1) is 0 Å². The van der Waals surface area contributed by atoms with Gasteiger partial charge in [-0.2, -0.15) is 0 Å². The fourth-order valence-electron chi connectivity index (χ4n) is 4.76. The van der Waals surface area contributed by atoms with Gasteiger partial charge in [-0.05, 0) is 62.4 Å². The van der Waals surface area contributed by atoms with Crippen molar-refractivity contribution in [1.29, 1.82) is 0 Å². The van der Waals surface area contributed by atoms with Gasteiger partial charge in [0.05, 0.1) is 16.7 Å². The molecule has 4 rings (SSSR count). The van der Waals surface area contributed by atoms with Crippen LogP contribution in [0.4, 0.5) is 4.39 Å². The zero-order valence-electron chi connectivity index (χ0n) is 19.8. The van der Waals surface area contributed by atoms with Crippen molar-refractivity contribution in [2.24, 2.45) is 5.41 Å². The second-order valence-electron chi connectivity index (χ2n) is 9.56. The zero-order valence-corrected chi connectivity index (χ0v) is 21.3. The van der Waals surface area contributed by atoms with Crippen molar-refractivity contribution in [2.75, 3.05) is 52.9 Å². The van der Waals surface area contributed by atoms with E-state index >= 15 is 0 Å². The van der Waals surface area contributed by atoms with E-state index in [4.69, 9.17) is 27.9 Å². The largest absolute Gasteiger partial charge is 0.493 e. The monoisotopic (exact) mass is 521 g/mol. The number of rotatable bonds is 6.